The lowest BCUT2D eigenvalue weighted by molar-refractivity contribution is -0.146. The summed E-state index contributed by atoms with van der Waals surface area (Å²) in [6.45, 7) is 2.70. The first-order chi connectivity index (χ1) is 8.99. The van der Waals surface area contributed by atoms with E-state index in [1.807, 2.05) is 6.92 Å². The second kappa shape index (κ2) is 7.45. The molecule has 0 radical (unpaired) electrons. The van der Waals surface area contributed by atoms with Crippen molar-refractivity contribution in [2.24, 2.45) is 17.8 Å². The van der Waals surface area contributed by atoms with Crippen LogP contribution < -0.4 is 5.32 Å². The highest BCUT2D eigenvalue weighted by Gasteiger charge is 2.41. The van der Waals surface area contributed by atoms with Crippen molar-refractivity contribution in [3.8, 4) is 0 Å². The molecule has 19 heavy (non-hydrogen) atoms. The minimum Gasteiger partial charge on any atom is -0.481 e. The number of carboxylic acid groups (broad SMARTS) is 1. The SMILES string of the molecule is COCC(CNC(=O)C1CC(C)CC1C(=O)O)OC. The van der Waals surface area contributed by atoms with Gasteiger partial charge in [-0.3, -0.25) is 9.59 Å². The molecule has 6 heteroatoms. The number of nitrogens with one attached hydrogen (secondary N) is 1. The largest absolute Gasteiger partial charge is 0.481 e. The quantitative estimate of drug-likeness (QED) is 0.706. The van der Waals surface area contributed by atoms with E-state index in [1.165, 1.54) is 0 Å². The van der Waals surface area contributed by atoms with E-state index in [4.69, 9.17) is 14.6 Å². The summed E-state index contributed by atoms with van der Waals surface area (Å²) in [6, 6.07) is 0. The molecule has 0 aliphatic heterocycles. The Bertz CT molecular complexity index is 320. The fourth-order valence-electron chi connectivity index (χ4n) is 2.60. The molecule has 0 spiro atoms. The summed E-state index contributed by atoms with van der Waals surface area (Å²) in [6.07, 6.45) is 0.986. The van der Waals surface area contributed by atoms with Crippen LogP contribution in [0.15, 0.2) is 0 Å². The summed E-state index contributed by atoms with van der Waals surface area (Å²) in [4.78, 5) is 23.2. The fourth-order valence-corrected chi connectivity index (χ4v) is 2.60. The van der Waals surface area contributed by atoms with Gasteiger partial charge in [0.05, 0.1) is 24.5 Å². The van der Waals surface area contributed by atoms with E-state index in [2.05, 4.69) is 5.32 Å². The first-order valence-electron chi connectivity index (χ1n) is 6.51. The van der Waals surface area contributed by atoms with E-state index in [1.54, 1.807) is 14.2 Å². The van der Waals surface area contributed by atoms with Gasteiger partial charge in [0, 0.05) is 20.8 Å². The lowest BCUT2D eigenvalue weighted by atomic mass is 9.95. The second-order valence-electron chi connectivity index (χ2n) is 5.19. The number of hydrogen-bond donors (Lipinski definition) is 2. The summed E-state index contributed by atoms with van der Waals surface area (Å²) < 4.78 is 10.1. The molecule has 4 atom stereocenters. The molecule has 0 aromatic rings. The number of hydrogen-bond acceptors (Lipinski definition) is 4. The van der Waals surface area contributed by atoms with Crippen LogP contribution in [0.2, 0.25) is 0 Å². The average molecular weight is 273 g/mol. The van der Waals surface area contributed by atoms with Crippen molar-refractivity contribution < 1.29 is 24.2 Å². The maximum atomic E-state index is 12.1. The number of amides is 1. The number of rotatable bonds is 7. The molecule has 0 heterocycles. The van der Waals surface area contributed by atoms with E-state index in [0.717, 1.165) is 0 Å². The third-order valence-corrected chi connectivity index (χ3v) is 3.64. The maximum Gasteiger partial charge on any atom is 0.307 e. The Morgan fingerprint density at radius 2 is 1.95 bits per heavy atom. The Hall–Kier alpha value is -1.14. The topological polar surface area (TPSA) is 84.9 Å². The van der Waals surface area contributed by atoms with Gasteiger partial charge in [-0.1, -0.05) is 6.92 Å². The third kappa shape index (κ3) is 4.47. The summed E-state index contributed by atoms with van der Waals surface area (Å²) in [5.41, 5.74) is 0. The lowest BCUT2D eigenvalue weighted by Crippen LogP contribution is -2.40. The predicted octanol–water partition coefficient (Wildman–Crippen LogP) is 0.511. The molecule has 1 amide bonds. The standard InChI is InChI=1S/C13H23NO5/c1-8-4-10(11(5-8)13(16)17)12(15)14-6-9(19-3)7-18-2/h8-11H,4-7H2,1-3H3,(H,14,15)(H,16,17). The van der Waals surface area contributed by atoms with Crippen LogP contribution in [0.1, 0.15) is 19.8 Å². The van der Waals surface area contributed by atoms with Crippen LogP contribution in [0.4, 0.5) is 0 Å². The zero-order valence-electron chi connectivity index (χ0n) is 11.7. The number of carbonyl (C=O) groups excluding carboxylic acids is 1. The van der Waals surface area contributed by atoms with Gasteiger partial charge in [0.1, 0.15) is 0 Å². The maximum absolute atomic E-state index is 12.1. The van der Waals surface area contributed by atoms with Crippen LogP contribution in [0.3, 0.4) is 0 Å². The van der Waals surface area contributed by atoms with Crippen molar-refractivity contribution in [3.63, 3.8) is 0 Å². The minimum atomic E-state index is -0.885. The molecule has 110 valence electrons. The zero-order chi connectivity index (χ0) is 14.4. The molecule has 1 aliphatic carbocycles. The van der Waals surface area contributed by atoms with Crippen molar-refractivity contribution in [2.75, 3.05) is 27.4 Å². The fraction of sp³-hybridized carbons (Fsp3) is 0.846. The number of carbonyl (C=O) groups is 2. The van der Waals surface area contributed by atoms with E-state index >= 15 is 0 Å². The van der Waals surface area contributed by atoms with Gasteiger partial charge < -0.3 is 19.9 Å². The highest BCUT2D eigenvalue weighted by molar-refractivity contribution is 5.85. The third-order valence-electron chi connectivity index (χ3n) is 3.64. The van der Waals surface area contributed by atoms with Crippen LogP contribution in [0.5, 0.6) is 0 Å². The number of ether oxygens (including phenoxy) is 2. The Labute approximate surface area is 113 Å². The molecule has 2 N–H and O–H groups in total. The van der Waals surface area contributed by atoms with Gasteiger partial charge in [-0.05, 0) is 18.8 Å². The first kappa shape index (κ1) is 15.9. The molecule has 0 saturated heterocycles. The highest BCUT2D eigenvalue weighted by atomic mass is 16.5. The van der Waals surface area contributed by atoms with Gasteiger partial charge in [0.2, 0.25) is 5.91 Å². The lowest BCUT2D eigenvalue weighted by Gasteiger charge is -2.19. The molecule has 4 unspecified atom stereocenters. The average Bonchev–Trinajstić information content (AvgIpc) is 2.76. The van der Waals surface area contributed by atoms with Gasteiger partial charge >= 0.3 is 5.97 Å². The van der Waals surface area contributed by atoms with E-state index in [9.17, 15) is 9.59 Å². The normalized spacial score (nSPS) is 28.1. The Balaban J connectivity index is 2.50. The molecule has 0 aromatic carbocycles. The Morgan fingerprint density at radius 3 is 2.47 bits per heavy atom. The molecular weight excluding hydrogens is 250 g/mol. The first-order valence-corrected chi connectivity index (χ1v) is 6.51. The Morgan fingerprint density at radius 1 is 1.32 bits per heavy atom. The van der Waals surface area contributed by atoms with Gasteiger partial charge in [-0.25, -0.2) is 0 Å². The van der Waals surface area contributed by atoms with E-state index in [-0.39, 0.29) is 17.9 Å². The molecular formula is C13H23NO5. The van der Waals surface area contributed by atoms with Gasteiger partial charge in [-0.15, -0.1) is 0 Å². The predicted molar refractivity (Wildman–Crippen MR) is 68.7 cm³/mol. The van der Waals surface area contributed by atoms with Gasteiger partial charge in [0.25, 0.3) is 0 Å². The summed E-state index contributed by atoms with van der Waals surface area (Å²) in [5, 5.41) is 11.9. The number of methoxy groups -OCH3 is 2. The summed E-state index contributed by atoms with van der Waals surface area (Å²) in [7, 11) is 3.11. The molecule has 1 fully saturated rings. The molecule has 1 rings (SSSR count). The number of carboxylic acids is 1. The van der Waals surface area contributed by atoms with Crippen LogP contribution >= 0.6 is 0 Å². The van der Waals surface area contributed by atoms with Gasteiger partial charge in [-0.2, -0.15) is 0 Å². The summed E-state index contributed by atoms with van der Waals surface area (Å²) >= 11 is 0. The smallest absolute Gasteiger partial charge is 0.307 e. The molecule has 0 aromatic heterocycles. The van der Waals surface area contributed by atoms with Crippen LogP contribution in [0.25, 0.3) is 0 Å². The summed E-state index contributed by atoms with van der Waals surface area (Å²) in [5.74, 6) is -1.82. The van der Waals surface area contributed by atoms with Crippen molar-refractivity contribution in [3.05, 3.63) is 0 Å². The van der Waals surface area contributed by atoms with Crippen LogP contribution in [-0.4, -0.2) is 50.5 Å². The van der Waals surface area contributed by atoms with E-state index in [0.29, 0.717) is 26.0 Å². The Kier molecular flexibility index (Phi) is 6.24. The second-order valence-corrected chi connectivity index (χ2v) is 5.19. The zero-order valence-corrected chi connectivity index (χ0v) is 11.7. The molecule has 0 bridgehead atoms. The van der Waals surface area contributed by atoms with Crippen molar-refractivity contribution >= 4 is 11.9 Å². The highest BCUT2D eigenvalue weighted by Crippen LogP contribution is 2.36. The number of aliphatic carboxylic acids is 1. The van der Waals surface area contributed by atoms with Crippen molar-refractivity contribution in [2.45, 2.75) is 25.9 Å². The van der Waals surface area contributed by atoms with Crippen LogP contribution in [0, 0.1) is 17.8 Å². The molecule has 1 aliphatic rings. The monoisotopic (exact) mass is 273 g/mol. The minimum absolute atomic E-state index is 0.199. The van der Waals surface area contributed by atoms with Crippen molar-refractivity contribution in [1.29, 1.82) is 0 Å². The van der Waals surface area contributed by atoms with Crippen LogP contribution in [-0.2, 0) is 19.1 Å². The van der Waals surface area contributed by atoms with E-state index < -0.39 is 17.8 Å². The molecule has 1 saturated carbocycles. The van der Waals surface area contributed by atoms with Crippen molar-refractivity contribution in [1.82, 2.24) is 5.32 Å². The van der Waals surface area contributed by atoms with Gasteiger partial charge in [0.15, 0.2) is 0 Å². The molecule has 6 nitrogen and oxygen atoms in total.